The molecule has 0 aliphatic carbocycles. The zero-order valence-electron chi connectivity index (χ0n) is 16.2. The zero-order valence-corrected chi connectivity index (χ0v) is 17.8. The first-order valence-corrected chi connectivity index (χ1v) is 11.4. The summed E-state index contributed by atoms with van der Waals surface area (Å²) in [7, 11) is 0. The van der Waals surface area contributed by atoms with Crippen LogP contribution in [0, 0.1) is 0 Å². The normalized spacial score (nSPS) is 12.8. The Morgan fingerprint density at radius 1 is 1.13 bits per heavy atom. The summed E-state index contributed by atoms with van der Waals surface area (Å²) in [6.07, 6.45) is 3.64. The van der Waals surface area contributed by atoms with Crippen LogP contribution in [0.25, 0.3) is 10.2 Å². The summed E-state index contributed by atoms with van der Waals surface area (Å²) < 4.78 is 17.8. The fourth-order valence-corrected chi connectivity index (χ4v) is 4.77. The number of thioether (sulfide) groups is 1. The lowest BCUT2D eigenvalue weighted by atomic mass is 10.1. The van der Waals surface area contributed by atoms with E-state index in [-0.39, 0.29) is 12.5 Å². The molecule has 0 spiro atoms. The number of benzene rings is 2. The molecule has 8 heteroatoms. The highest BCUT2D eigenvalue weighted by molar-refractivity contribution is 7.98. The highest BCUT2D eigenvalue weighted by Gasteiger charge is 2.24. The van der Waals surface area contributed by atoms with Crippen molar-refractivity contribution in [1.29, 1.82) is 0 Å². The smallest absolute Gasteiger partial charge is 0.260 e. The molecule has 2 aromatic heterocycles. The topological polar surface area (TPSA) is 64.8 Å². The van der Waals surface area contributed by atoms with Crippen molar-refractivity contribution in [2.24, 2.45) is 0 Å². The standard InChI is InChI=1S/C22H18N2O4S2/c1-29-16-5-6-17-20(12-16)30-22(23-17)24(13-15-3-2-8-26-15)21(25)14-4-7-18-19(11-14)28-10-9-27-18/h2-8,11-12H,9-10,13H2,1H3. The minimum Gasteiger partial charge on any atom is -0.486 e. The first-order valence-electron chi connectivity index (χ1n) is 9.40. The number of aromatic nitrogens is 1. The van der Waals surface area contributed by atoms with E-state index in [9.17, 15) is 4.79 Å². The van der Waals surface area contributed by atoms with Crippen LogP contribution in [0.5, 0.6) is 11.5 Å². The quantitative estimate of drug-likeness (QED) is 0.398. The van der Waals surface area contributed by atoms with E-state index in [1.807, 2.05) is 30.5 Å². The predicted octanol–water partition coefficient (Wildman–Crippen LogP) is 5.23. The SMILES string of the molecule is CSc1ccc2nc(N(Cc3ccco3)C(=O)c3ccc4c(c3)OCCO4)sc2c1. The third-order valence-corrected chi connectivity index (χ3v) is 6.51. The minimum atomic E-state index is -0.174. The molecule has 0 unspecified atom stereocenters. The number of anilines is 1. The van der Waals surface area contributed by atoms with Crippen LogP contribution in [0.3, 0.4) is 0 Å². The third-order valence-electron chi connectivity index (χ3n) is 4.74. The summed E-state index contributed by atoms with van der Waals surface area (Å²) in [5.74, 6) is 1.75. The molecule has 0 atom stereocenters. The lowest BCUT2D eigenvalue weighted by Crippen LogP contribution is -2.30. The Morgan fingerprint density at radius 2 is 2.00 bits per heavy atom. The number of rotatable bonds is 5. The van der Waals surface area contributed by atoms with Gasteiger partial charge < -0.3 is 13.9 Å². The molecular formula is C22H18N2O4S2. The summed E-state index contributed by atoms with van der Waals surface area (Å²) in [4.78, 5) is 21.0. The number of ether oxygens (including phenoxy) is 2. The summed E-state index contributed by atoms with van der Waals surface area (Å²) in [6, 6.07) is 15.0. The van der Waals surface area contributed by atoms with E-state index in [2.05, 4.69) is 6.07 Å². The summed E-state index contributed by atoms with van der Waals surface area (Å²) in [5.41, 5.74) is 1.38. The van der Waals surface area contributed by atoms with Crippen molar-refractivity contribution < 1.29 is 18.7 Å². The fraction of sp³-hybridized carbons (Fsp3) is 0.182. The van der Waals surface area contributed by atoms with Gasteiger partial charge in [0.1, 0.15) is 19.0 Å². The maximum atomic E-state index is 13.5. The molecule has 0 saturated heterocycles. The second-order valence-electron chi connectivity index (χ2n) is 6.66. The molecule has 3 heterocycles. The zero-order chi connectivity index (χ0) is 20.5. The highest BCUT2D eigenvalue weighted by Crippen LogP contribution is 2.35. The van der Waals surface area contributed by atoms with Gasteiger partial charge in [-0.05, 0) is 54.8 Å². The number of hydrogen-bond donors (Lipinski definition) is 0. The maximum absolute atomic E-state index is 13.5. The van der Waals surface area contributed by atoms with Crippen molar-refractivity contribution in [2.45, 2.75) is 11.4 Å². The number of furan rings is 1. The van der Waals surface area contributed by atoms with Gasteiger partial charge in [0.25, 0.3) is 5.91 Å². The van der Waals surface area contributed by atoms with Crippen molar-refractivity contribution in [3.8, 4) is 11.5 Å². The van der Waals surface area contributed by atoms with Gasteiger partial charge in [0, 0.05) is 10.5 Å². The summed E-state index contributed by atoms with van der Waals surface area (Å²) in [5, 5.41) is 0.625. The molecule has 0 N–H and O–H groups in total. The molecular weight excluding hydrogens is 420 g/mol. The maximum Gasteiger partial charge on any atom is 0.260 e. The van der Waals surface area contributed by atoms with E-state index in [0.717, 1.165) is 15.1 Å². The minimum absolute atomic E-state index is 0.174. The molecule has 152 valence electrons. The molecule has 1 aliphatic heterocycles. The molecule has 0 bridgehead atoms. The molecule has 0 fully saturated rings. The molecule has 4 aromatic rings. The summed E-state index contributed by atoms with van der Waals surface area (Å²) in [6.45, 7) is 1.26. The van der Waals surface area contributed by atoms with Gasteiger partial charge in [-0.1, -0.05) is 11.3 Å². The fourth-order valence-electron chi connectivity index (χ4n) is 3.25. The third kappa shape index (κ3) is 3.64. The van der Waals surface area contributed by atoms with Gasteiger partial charge in [0.05, 0.1) is 23.0 Å². The van der Waals surface area contributed by atoms with Crippen LogP contribution >= 0.6 is 23.1 Å². The summed E-state index contributed by atoms with van der Waals surface area (Å²) >= 11 is 3.17. The van der Waals surface area contributed by atoms with E-state index in [1.165, 1.54) is 11.3 Å². The van der Waals surface area contributed by atoms with Crippen LogP contribution in [0.2, 0.25) is 0 Å². The van der Waals surface area contributed by atoms with Crippen molar-refractivity contribution in [3.05, 3.63) is 66.1 Å². The molecule has 0 saturated carbocycles. The molecule has 0 radical (unpaired) electrons. The van der Waals surface area contributed by atoms with Crippen molar-refractivity contribution in [1.82, 2.24) is 4.98 Å². The van der Waals surface area contributed by atoms with Crippen molar-refractivity contribution in [3.63, 3.8) is 0 Å². The lowest BCUT2D eigenvalue weighted by Gasteiger charge is -2.21. The largest absolute Gasteiger partial charge is 0.486 e. The van der Waals surface area contributed by atoms with Crippen LogP contribution in [0.15, 0.2) is 64.1 Å². The van der Waals surface area contributed by atoms with E-state index >= 15 is 0 Å². The molecule has 1 amide bonds. The Balaban J connectivity index is 1.54. The van der Waals surface area contributed by atoms with Gasteiger partial charge >= 0.3 is 0 Å². The average molecular weight is 439 g/mol. The van der Waals surface area contributed by atoms with E-state index in [0.29, 0.717) is 41.2 Å². The molecule has 6 nitrogen and oxygen atoms in total. The van der Waals surface area contributed by atoms with E-state index in [4.69, 9.17) is 18.9 Å². The van der Waals surface area contributed by atoms with Gasteiger partial charge in [-0.3, -0.25) is 9.69 Å². The van der Waals surface area contributed by atoms with Gasteiger partial charge in [0.2, 0.25) is 0 Å². The van der Waals surface area contributed by atoms with Gasteiger partial charge in [-0.25, -0.2) is 4.98 Å². The number of carbonyl (C=O) groups is 1. The Morgan fingerprint density at radius 3 is 2.80 bits per heavy atom. The Bertz CT molecular complexity index is 1200. The molecule has 2 aromatic carbocycles. The molecule has 30 heavy (non-hydrogen) atoms. The van der Waals surface area contributed by atoms with Gasteiger partial charge in [-0.2, -0.15) is 0 Å². The lowest BCUT2D eigenvalue weighted by molar-refractivity contribution is 0.0982. The van der Waals surface area contributed by atoms with E-state index in [1.54, 1.807) is 41.1 Å². The number of thiazole rings is 1. The van der Waals surface area contributed by atoms with Gasteiger partial charge in [0.15, 0.2) is 16.6 Å². The number of amides is 1. The first kappa shape index (κ1) is 19.0. The number of hydrogen-bond acceptors (Lipinski definition) is 7. The molecule has 5 rings (SSSR count). The van der Waals surface area contributed by atoms with Gasteiger partial charge in [-0.15, -0.1) is 11.8 Å². The van der Waals surface area contributed by atoms with Crippen LogP contribution < -0.4 is 14.4 Å². The Kier molecular flexibility index (Phi) is 5.10. The second kappa shape index (κ2) is 8.04. The predicted molar refractivity (Wildman–Crippen MR) is 118 cm³/mol. The Hall–Kier alpha value is -2.97. The van der Waals surface area contributed by atoms with Crippen LogP contribution in [0.1, 0.15) is 16.1 Å². The number of carbonyl (C=O) groups excluding carboxylic acids is 1. The van der Waals surface area contributed by atoms with Crippen LogP contribution in [0.4, 0.5) is 5.13 Å². The second-order valence-corrected chi connectivity index (χ2v) is 8.55. The Labute approximate surface area is 181 Å². The monoisotopic (exact) mass is 438 g/mol. The average Bonchev–Trinajstić information content (AvgIpc) is 3.45. The van der Waals surface area contributed by atoms with Crippen molar-refractivity contribution >= 4 is 44.4 Å². The number of fused-ring (bicyclic) bond motifs is 2. The highest BCUT2D eigenvalue weighted by atomic mass is 32.2. The van der Waals surface area contributed by atoms with Crippen LogP contribution in [-0.4, -0.2) is 30.4 Å². The number of nitrogens with zero attached hydrogens (tertiary/aromatic N) is 2. The van der Waals surface area contributed by atoms with E-state index < -0.39 is 0 Å². The molecule has 1 aliphatic rings. The first-order chi connectivity index (χ1) is 14.7. The van der Waals surface area contributed by atoms with Crippen molar-refractivity contribution in [2.75, 3.05) is 24.4 Å². The van der Waals surface area contributed by atoms with Crippen LogP contribution in [-0.2, 0) is 6.54 Å².